The van der Waals surface area contributed by atoms with Gasteiger partial charge in [-0.25, -0.2) is 8.98 Å². The Morgan fingerprint density at radius 2 is 2.00 bits per heavy atom. The average Bonchev–Trinajstić information content (AvgIpc) is 1.99. The van der Waals surface area contributed by atoms with Crippen molar-refractivity contribution in [3.05, 3.63) is 0 Å². The molecule has 78 valence electrons. The van der Waals surface area contributed by atoms with Crippen LogP contribution in [0.4, 0.5) is 0 Å². The zero-order valence-corrected chi connectivity index (χ0v) is 9.24. The standard InChI is InChI=1S/C5H8Cl2O5S/c1-3-5(2,4(8)11-6)12-13(7,9)10/h3H2,1-2H3. The third-order valence-electron chi connectivity index (χ3n) is 1.46. The highest BCUT2D eigenvalue weighted by molar-refractivity contribution is 8.10. The largest absolute Gasteiger partial charge is 0.357 e. The first-order valence-electron chi connectivity index (χ1n) is 3.23. The quantitative estimate of drug-likeness (QED) is 0.705. The van der Waals surface area contributed by atoms with Crippen molar-refractivity contribution in [2.24, 2.45) is 0 Å². The van der Waals surface area contributed by atoms with E-state index < -0.39 is 20.9 Å². The Morgan fingerprint density at radius 3 is 2.23 bits per heavy atom. The molecule has 8 heteroatoms. The Kier molecular flexibility index (Phi) is 4.44. The summed E-state index contributed by atoms with van der Waals surface area (Å²) in [5, 5.41) is 0. The molecular weight excluding hydrogens is 243 g/mol. The minimum Gasteiger partial charge on any atom is -0.345 e. The summed E-state index contributed by atoms with van der Waals surface area (Å²) in [7, 11) is 0.560. The van der Waals surface area contributed by atoms with Gasteiger partial charge < -0.3 is 4.29 Å². The molecule has 0 saturated carbocycles. The fourth-order valence-electron chi connectivity index (χ4n) is 0.539. The van der Waals surface area contributed by atoms with Crippen LogP contribution in [0, 0.1) is 0 Å². The second kappa shape index (κ2) is 4.45. The van der Waals surface area contributed by atoms with Gasteiger partial charge in [0.25, 0.3) is 0 Å². The van der Waals surface area contributed by atoms with Crippen LogP contribution in [-0.4, -0.2) is 20.0 Å². The highest BCUT2D eigenvalue weighted by Crippen LogP contribution is 2.22. The van der Waals surface area contributed by atoms with E-state index in [0.29, 0.717) is 0 Å². The third kappa shape index (κ3) is 4.12. The van der Waals surface area contributed by atoms with Crippen molar-refractivity contribution in [2.45, 2.75) is 25.9 Å². The lowest BCUT2D eigenvalue weighted by atomic mass is 10.1. The molecule has 1 unspecified atom stereocenters. The molecule has 0 aromatic rings. The smallest absolute Gasteiger partial charge is 0.345 e. The first-order chi connectivity index (χ1) is 5.75. The SMILES string of the molecule is CCC(C)(OS(=O)(=O)Cl)C(=O)OCl. The van der Waals surface area contributed by atoms with Crippen molar-refractivity contribution >= 4 is 37.8 Å². The molecule has 0 aromatic carbocycles. The van der Waals surface area contributed by atoms with Gasteiger partial charge in [-0.2, -0.15) is 8.42 Å². The lowest BCUT2D eigenvalue weighted by Crippen LogP contribution is -2.39. The molecule has 1 atom stereocenters. The van der Waals surface area contributed by atoms with Crippen LogP contribution in [0.1, 0.15) is 20.3 Å². The second-order valence-corrected chi connectivity index (χ2v) is 4.67. The molecule has 0 aromatic heterocycles. The monoisotopic (exact) mass is 250 g/mol. The second-order valence-electron chi connectivity index (χ2n) is 2.43. The molecule has 0 fully saturated rings. The maximum absolute atomic E-state index is 10.9. The fourth-order valence-corrected chi connectivity index (χ4v) is 1.74. The molecule has 0 spiro atoms. The van der Waals surface area contributed by atoms with Crippen molar-refractivity contribution in [1.29, 1.82) is 0 Å². The number of carbonyl (C=O) groups excluding carboxylic acids is 1. The summed E-state index contributed by atoms with van der Waals surface area (Å²) in [6.45, 7) is 2.73. The van der Waals surface area contributed by atoms with Gasteiger partial charge in [-0.15, -0.1) is 0 Å². The van der Waals surface area contributed by atoms with Gasteiger partial charge in [-0.05, 0) is 13.3 Å². The van der Waals surface area contributed by atoms with E-state index in [4.69, 9.17) is 22.5 Å². The molecule has 0 N–H and O–H groups in total. The van der Waals surface area contributed by atoms with Gasteiger partial charge in [0.15, 0.2) is 5.60 Å². The Hall–Kier alpha value is -0.0400. The number of hydrogen-bond acceptors (Lipinski definition) is 5. The van der Waals surface area contributed by atoms with Crippen LogP contribution in [0.15, 0.2) is 0 Å². The van der Waals surface area contributed by atoms with Gasteiger partial charge in [0.05, 0.1) is 0 Å². The number of halogens is 2. The van der Waals surface area contributed by atoms with Crippen molar-refractivity contribution in [3.8, 4) is 0 Å². The average molecular weight is 251 g/mol. The molecule has 13 heavy (non-hydrogen) atoms. The first kappa shape index (κ1) is 13.0. The summed E-state index contributed by atoms with van der Waals surface area (Å²) in [4.78, 5) is 10.9. The number of hydrogen-bond donors (Lipinski definition) is 0. The molecule has 0 saturated heterocycles. The maximum atomic E-state index is 10.9. The van der Waals surface area contributed by atoms with Crippen molar-refractivity contribution < 1.29 is 21.7 Å². The van der Waals surface area contributed by atoms with E-state index in [2.05, 4.69) is 8.47 Å². The Morgan fingerprint density at radius 1 is 1.54 bits per heavy atom. The normalized spacial score (nSPS) is 16.3. The predicted molar refractivity (Wildman–Crippen MR) is 46.5 cm³/mol. The van der Waals surface area contributed by atoms with Gasteiger partial charge in [0.1, 0.15) is 11.9 Å². The topological polar surface area (TPSA) is 69.7 Å². The van der Waals surface area contributed by atoms with E-state index >= 15 is 0 Å². The number of rotatable bonds is 4. The van der Waals surface area contributed by atoms with Gasteiger partial charge in [0.2, 0.25) is 0 Å². The van der Waals surface area contributed by atoms with E-state index in [9.17, 15) is 13.2 Å². The third-order valence-corrected chi connectivity index (χ3v) is 2.36. The van der Waals surface area contributed by atoms with E-state index in [0.717, 1.165) is 0 Å². The molecule has 0 rings (SSSR count). The van der Waals surface area contributed by atoms with E-state index in [1.165, 1.54) is 13.8 Å². The summed E-state index contributed by atoms with van der Waals surface area (Å²) >= 11 is 4.78. The Labute approximate surface area is 85.7 Å². The Bertz CT molecular complexity index is 287. The molecule has 0 aliphatic heterocycles. The van der Waals surface area contributed by atoms with Crippen LogP contribution in [-0.2, 0) is 22.6 Å². The summed E-state index contributed by atoms with van der Waals surface area (Å²) in [5.74, 6) is -1.01. The van der Waals surface area contributed by atoms with Crippen LogP contribution in [0.25, 0.3) is 0 Å². The summed E-state index contributed by atoms with van der Waals surface area (Å²) in [5.41, 5.74) is -1.68. The minimum atomic E-state index is -4.24. The van der Waals surface area contributed by atoms with Crippen LogP contribution in [0.3, 0.4) is 0 Å². The van der Waals surface area contributed by atoms with E-state index in [1.807, 2.05) is 0 Å². The van der Waals surface area contributed by atoms with Crippen LogP contribution >= 0.6 is 22.5 Å². The molecule has 0 amide bonds. The van der Waals surface area contributed by atoms with Crippen molar-refractivity contribution in [1.82, 2.24) is 0 Å². The van der Waals surface area contributed by atoms with E-state index in [1.54, 1.807) is 0 Å². The molecule has 0 bridgehead atoms. The van der Waals surface area contributed by atoms with Gasteiger partial charge >= 0.3 is 15.3 Å². The van der Waals surface area contributed by atoms with Crippen LogP contribution in [0.5, 0.6) is 0 Å². The Balaban J connectivity index is 4.76. The fraction of sp³-hybridized carbons (Fsp3) is 0.800. The van der Waals surface area contributed by atoms with Crippen molar-refractivity contribution in [2.75, 3.05) is 0 Å². The van der Waals surface area contributed by atoms with Gasteiger partial charge in [-0.3, -0.25) is 0 Å². The lowest BCUT2D eigenvalue weighted by molar-refractivity contribution is -0.150. The summed E-state index contributed by atoms with van der Waals surface area (Å²) in [6, 6.07) is 0. The highest BCUT2D eigenvalue weighted by atomic mass is 35.7. The molecule has 0 aliphatic carbocycles. The maximum Gasteiger partial charge on any atom is 0.357 e. The summed E-state index contributed by atoms with van der Waals surface area (Å²) < 4.78 is 29.2. The van der Waals surface area contributed by atoms with Gasteiger partial charge in [-0.1, -0.05) is 6.92 Å². The lowest BCUT2D eigenvalue weighted by Gasteiger charge is -2.21. The first-order valence-corrected chi connectivity index (χ1v) is 5.77. The highest BCUT2D eigenvalue weighted by Gasteiger charge is 2.39. The van der Waals surface area contributed by atoms with E-state index in [-0.39, 0.29) is 6.42 Å². The number of carbonyl (C=O) groups is 1. The van der Waals surface area contributed by atoms with Crippen molar-refractivity contribution in [3.63, 3.8) is 0 Å². The van der Waals surface area contributed by atoms with Crippen LogP contribution in [0.2, 0.25) is 0 Å². The van der Waals surface area contributed by atoms with Gasteiger partial charge in [0, 0.05) is 10.7 Å². The molecule has 5 nitrogen and oxygen atoms in total. The zero-order chi connectivity index (χ0) is 10.7. The summed E-state index contributed by atoms with van der Waals surface area (Å²) in [6.07, 6.45) is 0.0600. The molecule has 0 heterocycles. The molecular formula is C5H8Cl2O5S. The minimum absolute atomic E-state index is 0.0600. The van der Waals surface area contributed by atoms with Crippen LogP contribution < -0.4 is 0 Å². The molecule has 0 radical (unpaired) electrons. The molecule has 0 aliphatic rings. The zero-order valence-electron chi connectivity index (χ0n) is 6.91. The predicted octanol–water partition coefficient (Wildman–Crippen LogP) is 1.35.